The average molecular weight is 271 g/mol. The first-order valence-corrected chi connectivity index (χ1v) is 4.42. The van der Waals surface area contributed by atoms with Crippen LogP contribution < -0.4 is 0 Å². The summed E-state index contributed by atoms with van der Waals surface area (Å²) in [6, 6.07) is 0. The van der Waals surface area contributed by atoms with Gasteiger partial charge in [0.05, 0.1) is 18.2 Å². The Morgan fingerprint density at radius 2 is 1.94 bits per heavy atom. The van der Waals surface area contributed by atoms with E-state index in [0.29, 0.717) is 6.20 Å². The summed E-state index contributed by atoms with van der Waals surface area (Å²) < 4.78 is 62.5. The van der Waals surface area contributed by atoms with E-state index in [9.17, 15) is 26.7 Å². The van der Waals surface area contributed by atoms with Crippen molar-refractivity contribution in [3.8, 4) is 5.75 Å². The Kier molecular flexibility index (Phi) is 3.73. The molecule has 0 atom stereocenters. The van der Waals surface area contributed by atoms with Crippen LogP contribution in [0.4, 0.5) is 22.0 Å². The van der Waals surface area contributed by atoms with Crippen LogP contribution in [0.1, 0.15) is 23.2 Å². The van der Waals surface area contributed by atoms with Gasteiger partial charge in [0.15, 0.2) is 5.69 Å². The number of carbonyl (C=O) groups is 1. The lowest BCUT2D eigenvalue weighted by molar-refractivity contribution is -0.143. The summed E-state index contributed by atoms with van der Waals surface area (Å²) in [4.78, 5) is 13.1. The number of carboxylic acids is 1. The van der Waals surface area contributed by atoms with Crippen molar-refractivity contribution >= 4 is 5.97 Å². The third-order valence-corrected chi connectivity index (χ3v) is 2.02. The molecular weight excluding hydrogens is 265 g/mol. The van der Waals surface area contributed by atoms with Gasteiger partial charge >= 0.3 is 12.1 Å². The highest BCUT2D eigenvalue weighted by Gasteiger charge is 2.40. The molecule has 0 spiro atoms. The molecule has 2 N–H and O–H groups in total. The molecule has 0 fully saturated rings. The zero-order chi connectivity index (χ0) is 14.1. The minimum Gasteiger partial charge on any atom is -0.506 e. The molecule has 0 aliphatic rings. The molecule has 1 rings (SSSR count). The number of hydrogen-bond acceptors (Lipinski definition) is 3. The zero-order valence-corrected chi connectivity index (χ0v) is 8.50. The maximum Gasteiger partial charge on any atom is 0.433 e. The Labute approximate surface area is 96.7 Å². The fourth-order valence-electron chi connectivity index (χ4n) is 1.35. The topological polar surface area (TPSA) is 70.4 Å². The predicted octanol–water partition coefficient (Wildman–Crippen LogP) is 2.37. The molecule has 0 saturated carbocycles. The molecular formula is C9H6F5NO3. The van der Waals surface area contributed by atoms with Crippen molar-refractivity contribution in [1.82, 2.24) is 4.98 Å². The molecule has 18 heavy (non-hydrogen) atoms. The van der Waals surface area contributed by atoms with Crippen LogP contribution in [0.2, 0.25) is 0 Å². The Balaban J connectivity index is 3.52. The lowest BCUT2D eigenvalue weighted by Gasteiger charge is -2.15. The number of rotatable bonds is 3. The van der Waals surface area contributed by atoms with Gasteiger partial charge in [0.1, 0.15) is 5.75 Å². The molecule has 0 aromatic carbocycles. The van der Waals surface area contributed by atoms with Crippen LogP contribution in [-0.4, -0.2) is 21.2 Å². The highest BCUT2D eigenvalue weighted by Crippen LogP contribution is 2.39. The second kappa shape index (κ2) is 4.75. The Bertz CT molecular complexity index is 472. The molecule has 1 heterocycles. The van der Waals surface area contributed by atoms with E-state index in [1.807, 2.05) is 0 Å². The molecule has 100 valence electrons. The fraction of sp³-hybridized carbons (Fsp3) is 0.333. The summed E-state index contributed by atoms with van der Waals surface area (Å²) in [6.07, 6.45) is -9.62. The van der Waals surface area contributed by atoms with Gasteiger partial charge in [-0.15, -0.1) is 0 Å². The van der Waals surface area contributed by atoms with E-state index in [0.717, 1.165) is 0 Å². The Morgan fingerprint density at radius 3 is 2.33 bits per heavy atom. The highest BCUT2D eigenvalue weighted by atomic mass is 19.4. The quantitative estimate of drug-likeness (QED) is 0.828. The lowest BCUT2D eigenvalue weighted by Crippen LogP contribution is -2.16. The van der Waals surface area contributed by atoms with Crippen molar-refractivity contribution < 1.29 is 37.0 Å². The molecule has 9 heteroatoms. The summed E-state index contributed by atoms with van der Waals surface area (Å²) in [7, 11) is 0. The van der Waals surface area contributed by atoms with Gasteiger partial charge in [-0.1, -0.05) is 0 Å². The monoisotopic (exact) mass is 271 g/mol. The summed E-state index contributed by atoms with van der Waals surface area (Å²) in [6.45, 7) is 0. The summed E-state index contributed by atoms with van der Waals surface area (Å²) in [5.74, 6) is -2.66. The third kappa shape index (κ3) is 2.84. The minimum atomic E-state index is -5.16. The molecule has 0 aliphatic heterocycles. The van der Waals surface area contributed by atoms with Crippen LogP contribution in [0.5, 0.6) is 5.75 Å². The lowest BCUT2D eigenvalue weighted by atomic mass is 10.0. The maximum absolute atomic E-state index is 12.6. The maximum atomic E-state index is 12.6. The van der Waals surface area contributed by atoms with E-state index >= 15 is 0 Å². The van der Waals surface area contributed by atoms with E-state index in [1.165, 1.54) is 0 Å². The second-order valence-corrected chi connectivity index (χ2v) is 3.25. The largest absolute Gasteiger partial charge is 0.506 e. The van der Waals surface area contributed by atoms with Crippen molar-refractivity contribution in [3.63, 3.8) is 0 Å². The molecule has 4 nitrogen and oxygen atoms in total. The number of aromatic nitrogens is 1. The van der Waals surface area contributed by atoms with Crippen molar-refractivity contribution in [2.24, 2.45) is 0 Å². The molecule has 0 bridgehead atoms. The van der Waals surface area contributed by atoms with Crippen LogP contribution >= 0.6 is 0 Å². The van der Waals surface area contributed by atoms with Gasteiger partial charge in [0, 0.05) is 5.56 Å². The number of alkyl halides is 5. The number of aromatic hydroxyl groups is 1. The average Bonchev–Trinajstić information content (AvgIpc) is 2.17. The first-order chi connectivity index (χ1) is 8.14. The number of halogens is 5. The first kappa shape index (κ1) is 14.1. The SMILES string of the molecule is O=C(O)Cc1c(O)cnc(C(F)(F)F)c1C(F)F. The van der Waals surface area contributed by atoms with E-state index in [1.54, 1.807) is 0 Å². The van der Waals surface area contributed by atoms with Crippen LogP contribution in [0, 0.1) is 0 Å². The van der Waals surface area contributed by atoms with Crippen LogP contribution in [0.15, 0.2) is 6.20 Å². The van der Waals surface area contributed by atoms with Crippen molar-refractivity contribution in [1.29, 1.82) is 0 Å². The van der Waals surface area contributed by atoms with Gasteiger partial charge in [-0.2, -0.15) is 13.2 Å². The normalized spacial score (nSPS) is 11.9. The number of hydrogen-bond donors (Lipinski definition) is 2. The summed E-state index contributed by atoms with van der Waals surface area (Å²) in [5, 5.41) is 17.6. The minimum absolute atomic E-state index is 0.299. The smallest absolute Gasteiger partial charge is 0.433 e. The number of nitrogens with zero attached hydrogens (tertiary/aromatic N) is 1. The standard InChI is InChI=1S/C9H6F5NO3/c10-8(11)6-3(1-5(17)18)4(16)2-15-7(6)9(12,13)14/h2,8,16H,1H2,(H,17,18). The number of carboxylic acid groups (broad SMARTS) is 1. The van der Waals surface area contributed by atoms with E-state index in [2.05, 4.69) is 4.98 Å². The third-order valence-electron chi connectivity index (χ3n) is 2.02. The Hall–Kier alpha value is -1.93. The van der Waals surface area contributed by atoms with E-state index < -0.39 is 47.6 Å². The van der Waals surface area contributed by atoms with Crippen molar-refractivity contribution in [2.45, 2.75) is 19.0 Å². The predicted molar refractivity (Wildman–Crippen MR) is 47.2 cm³/mol. The second-order valence-electron chi connectivity index (χ2n) is 3.25. The van der Waals surface area contributed by atoms with Crippen LogP contribution in [0.3, 0.4) is 0 Å². The molecule has 1 aromatic heterocycles. The molecule has 1 aromatic rings. The number of pyridine rings is 1. The van der Waals surface area contributed by atoms with Crippen molar-refractivity contribution in [3.05, 3.63) is 23.0 Å². The van der Waals surface area contributed by atoms with Gasteiger partial charge in [-0.05, 0) is 0 Å². The van der Waals surface area contributed by atoms with Gasteiger partial charge < -0.3 is 10.2 Å². The van der Waals surface area contributed by atoms with Gasteiger partial charge in [0.25, 0.3) is 6.43 Å². The molecule has 0 saturated heterocycles. The van der Waals surface area contributed by atoms with Gasteiger partial charge in [-0.25, -0.2) is 13.8 Å². The zero-order valence-electron chi connectivity index (χ0n) is 8.50. The van der Waals surface area contributed by atoms with E-state index in [4.69, 9.17) is 10.2 Å². The molecule has 0 amide bonds. The van der Waals surface area contributed by atoms with Crippen molar-refractivity contribution in [2.75, 3.05) is 0 Å². The summed E-state index contributed by atoms with van der Waals surface area (Å²) in [5.41, 5.74) is -4.49. The van der Waals surface area contributed by atoms with Crippen LogP contribution in [-0.2, 0) is 17.4 Å². The molecule has 0 aliphatic carbocycles. The van der Waals surface area contributed by atoms with E-state index in [-0.39, 0.29) is 0 Å². The van der Waals surface area contributed by atoms with Gasteiger partial charge in [0.2, 0.25) is 0 Å². The number of aliphatic carboxylic acids is 1. The molecule has 0 radical (unpaired) electrons. The van der Waals surface area contributed by atoms with Gasteiger partial charge in [-0.3, -0.25) is 4.79 Å². The highest BCUT2D eigenvalue weighted by molar-refractivity contribution is 5.72. The Morgan fingerprint density at radius 1 is 1.39 bits per heavy atom. The summed E-state index contributed by atoms with van der Waals surface area (Å²) >= 11 is 0. The fourth-order valence-corrected chi connectivity index (χ4v) is 1.35. The van der Waals surface area contributed by atoms with Crippen LogP contribution in [0.25, 0.3) is 0 Å². The first-order valence-electron chi connectivity index (χ1n) is 4.42. The molecule has 0 unspecified atom stereocenters.